The molecule has 0 fully saturated rings. The van der Waals surface area contributed by atoms with Crippen molar-refractivity contribution >= 4 is 12.6 Å². The van der Waals surface area contributed by atoms with Crippen molar-refractivity contribution in [2.75, 3.05) is 0 Å². The van der Waals surface area contributed by atoms with E-state index in [0.717, 1.165) is 0 Å². The zero-order valence-corrected chi connectivity index (χ0v) is 9.94. The van der Waals surface area contributed by atoms with Gasteiger partial charge in [0.15, 0.2) is 11.6 Å². The Morgan fingerprint density at radius 2 is 1.25 bits per heavy atom. The molecule has 0 nitrogen and oxygen atoms in total. The number of hydrogen-bond acceptors (Lipinski definition) is 1. The van der Waals surface area contributed by atoms with Crippen molar-refractivity contribution in [1.29, 1.82) is 0 Å². The maximum absolute atomic E-state index is 12.3. The number of halogens is 4. The molecular weight excluding hydrogens is 219 g/mol. The molecule has 1 rings (SSSR count). The molecule has 0 saturated carbocycles. The van der Waals surface area contributed by atoms with E-state index in [9.17, 15) is 17.6 Å². The number of hydrogen-bond donors (Lipinski definition) is 0. The molecule has 0 unspecified atom stereocenters. The van der Waals surface area contributed by atoms with E-state index in [-0.39, 0.29) is 57.5 Å². The fourth-order valence-corrected chi connectivity index (χ4v) is 0.746. The molecule has 0 bridgehead atoms. The molecule has 0 spiro atoms. The molecule has 0 N–H and O–H groups in total. The van der Waals surface area contributed by atoms with Gasteiger partial charge in [0.1, 0.15) is 11.6 Å². The second-order valence-electron chi connectivity index (χ2n) is 1.80. The van der Waals surface area contributed by atoms with Crippen LogP contribution in [-0.4, -0.2) is 0 Å². The van der Waals surface area contributed by atoms with Crippen LogP contribution >= 0.6 is 0 Å². The van der Waals surface area contributed by atoms with Crippen molar-refractivity contribution < 1.29 is 68.9 Å². The normalized spacial score (nSPS) is 9.33. The van der Waals surface area contributed by atoms with Gasteiger partial charge in [-0.1, -0.05) is 4.90 Å². The van der Waals surface area contributed by atoms with Crippen LogP contribution < -0.4 is 51.4 Å². The number of benzene rings is 1. The predicted octanol–water partition coefficient (Wildman–Crippen LogP) is -0.847. The molecule has 60 valence electrons. The second kappa shape index (κ2) is 4.87. The van der Waals surface area contributed by atoms with Crippen LogP contribution in [0.25, 0.3) is 0 Å². The Morgan fingerprint density at radius 1 is 0.917 bits per heavy atom. The van der Waals surface area contributed by atoms with E-state index in [1.807, 2.05) is 0 Å². The summed E-state index contributed by atoms with van der Waals surface area (Å²) in [5.74, 6) is -6.01. The first-order chi connectivity index (χ1) is 5.04. The zero-order chi connectivity index (χ0) is 8.59. The van der Waals surface area contributed by atoms with E-state index in [2.05, 4.69) is 12.6 Å². The van der Waals surface area contributed by atoms with Crippen molar-refractivity contribution in [3.63, 3.8) is 0 Å². The van der Waals surface area contributed by atoms with Gasteiger partial charge >= 0.3 is 51.4 Å². The molecule has 0 radical (unpaired) electrons. The Hall–Kier alpha value is 0.796. The Labute approximate surface area is 114 Å². The molecule has 0 amide bonds. The van der Waals surface area contributed by atoms with Crippen molar-refractivity contribution in [3.05, 3.63) is 29.3 Å². The minimum absolute atomic E-state index is 0. The van der Waals surface area contributed by atoms with E-state index in [0.29, 0.717) is 0 Å². The molecule has 0 aliphatic carbocycles. The first kappa shape index (κ1) is 12.8. The van der Waals surface area contributed by atoms with Crippen molar-refractivity contribution in [2.45, 2.75) is 4.90 Å². The molecule has 0 aliphatic rings. The van der Waals surface area contributed by atoms with Gasteiger partial charge in [0.05, 0.1) is 0 Å². The van der Waals surface area contributed by atoms with Gasteiger partial charge in [-0.15, -0.1) is 0 Å². The molecule has 12 heavy (non-hydrogen) atoms. The predicted molar refractivity (Wildman–Crippen MR) is 31.9 cm³/mol. The number of rotatable bonds is 0. The SMILES string of the molecule is Fc1cc(F)c(F)c([S-])c1F.[K+]. The summed E-state index contributed by atoms with van der Waals surface area (Å²) in [5, 5.41) is 0. The van der Waals surface area contributed by atoms with Crippen LogP contribution in [0.1, 0.15) is 0 Å². The van der Waals surface area contributed by atoms with Crippen LogP contribution in [-0.2, 0) is 12.6 Å². The standard InChI is InChI=1S/C6H2F4S.K/c7-2-1-3(8)5(10)6(11)4(2)9;/h1,11H;/q;+1/p-1. The fourth-order valence-electron chi connectivity index (χ4n) is 0.551. The zero-order valence-electron chi connectivity index (χ0n) is 6.00. The Kier molecular flexibility index (Phi) is 5.20. The van der Waals surface area contributed by atoms with Crippen LogP contribution in [0, 0.1) is 23.3 Å². The third kappa shape index (κ3) is 2.40. The van der Waals surface area contributed by atoms with Gasteiger partial charge in [-0.05, 0) is 0 Å². The maximum atomic E-state index is 12.3. The Balaban J connectivity index is 0.00000121. The average Bonchev–Trinajstić information content (AvgIpc) is 1.97. The second-order valence-corrected chi connectivity index (χ2v) is 2.21. The smallest absolute Gasteiger partial charge is 0.774 e. The van der Waals surface area contributed by atoms with Crippen LogP contribution in [0.2, 0.25) is 0 Å². The van der Waals surface area contributed by atoms with E-state index in [1.54, 1.807) is 0 Å². The molecule has 0 aliphatic heterocycles. The van der Waals surface area contributed by atoms with E-state index in [4.69, 9.17) is 0 Å². The Bertz CT molecular complexity index is 276. The summed E-state index contributed by atoms with van der Waals surface area (Å²) >= 11 is 4.04. The van der Waals surface area contributed by atoms with Gasteiger partial charge in [-0.25, -0.2) is 17.6 Å². The van der Waals surface area contributed by atoms with E-state index >= 15 is 0 Å². The molecule has 0 aromatic heterocycles. The van der Waals surface area contributed by atoms with Crippen LogP contribution in [0.5, 0.6) is 0 Å². The van der Waals surface area contributed by atoms with Gasteiger partial charge in [0.2, 0.25) is 0 Å². The van der Waals surface area contributed by atoms with Crippen molar-refractivity contribution in [3.8, 4) is 0 Å². The first-order valence-corrected chi connectivity index (χ1v) is 2.95. The summed E-state index contributed by atoms with van der Waals surface area (Å²) < 4.78 is 48.9. The topological polar surface area (TPSA) is 0 Å². The average molecular weight is 220 g/mol. The van der Waals surface area contributed by atoms with Gasteiger partial charge in [0, 0.05) is 6.07 Å². The molecule has 0 heterocycles. The molecule has 1 aromatic rings. The summed E-state index contributed by atoms with van der Waals surface area (Å²) in [5.41, 5.74) is 0. The monoisotopic (exact) mass is 220 g/mol. The largest absolute Gasteiger partial charge is 1.00 e. The summed E-state index contributed by atoms with van der Waals surface area (Å²) in [4.78, 5) is -1.05. The summed E-state index contributed by atoms with van der Waals surface area (Å²) in [6, 6.07) is 0.112. The molecule has 6 heteroatoms. The van der Waals surface area contributed by atoms with Crippen LogP contribution in [0.15, 0.2) is 11.0 Å². The van der Waals surface area contributed by atoms with Crippen LogP contribution in [0.4, 0.5) is 17.6 Å². The third-order valence-corrected chi connectivity index (χ3v) is 1.43. The van der Waals surface area contributed by atoms with Crippen molar-refractivity contribution in [2.24, 2.45) is 0 Å². The minimum atomic E-state index is -1.53. The first-order valence-electron chi connectivity index (χ1n) is 2.54. The Morgan fingerprint density at radius 3 is 1.58 bits per heavy atom. The third-order valence-electron chi connectivity index (χ3n) is 1.07. The molecule has 0 saturated heterocycles. The summed E-state index contributed by atoms with van der Waals surface area (Å²) in [6.45, 7) is 0. The van der Waals surface area contributed by atoms with Gasteiger partial charge in [-0.2, -0.15) is 0 Å². The van der Waals surface area contributed by atoms with Gasteiger partial charge < -0.3 is 12.6 Å². The van der Waals surface area contributed by atoms with Crippen molar-refractivity contribution in [1.82, 2.24) is 0 Å². The van der Waals surface area contributed by atoms with Crippen LogP contribution in [0.3, 0.4) is 0 Å². The van der Waals surface area contributed by atoms with Gasteiger partial charge in [-0.3, -0.25) is 0 Å². The summed E-state index contributed by atoms with van der Waals surface area (Å²) in [6.07, 6.45) is 0. The van der Waals surface area contributed by atoms with E-state index < -0.39 is 28.2 Å². The molecular formula is C6HF4KS. The van der Waals surface area contributed by atoms with E-state index in [1.165, 1.54) is 0 Å². The minimum Gasteiger partial charge on any atom is -0.774 e. The quantitative estimate of drug-likeness (QED) is 0.238. The van der Waals surface area contributed by atoms with Gasteiger partial charge in [0.25, 0.3) is 0 Å². The molecule has 0 atom stereocenters. The fraction of sp³-hybridized carbons (Fsp3) is 0. The summed E-state index contributed by atoms with van der Waals surface area (Å²) in [7, 11) is 0. The molecule has 1 aromatic carbocycles. The maximum Gasteiger partial charge on any atom is 1.00 e.